The summed E-state index contributed by atoms with van der Waals surface area (Å²) in [6.07, 6.45) is 1.51. The molecule has 2 aromatic rings. The number of carbonyl (C=O) groups is 1. The van der Waals surface area contributed by atoms with E-state index < -0.39 is 0 Å². The van der Waals surface area contributed by atoms with Gasteiger partial charge in [0.25, 0.3) is 5.91 Å². The molecule has 1 amide bonds. The third-order valence-corrected chi connectivity index (χ3v) is 2.94. The molecule has 0 atom stereocenters. The van der Waals surface area contributed by atoms with Gasteiger partial charge in [-0.05, 0) is 19.1 Å². The molecule has 2 aromatic heterocycles. The summed E-state index contributed by atoms with van der Waals surface area (Å²) in [6.45, 7) is 2.33. The third-order valence-electron chi connectivity index (χ3n) is 2.11. The molecular weight excluding hydrogens is 236 g/mol. The topological polar surface area (TPSA) is 80.9 Å². The van der Waals surface area contributed by atoms with Crippen LogP contribution in [0.3, 0.4) is 0 Å². The second-order valence-electron chi connectivity index (χ2n) is 3.51. The summed E-state index contributed by atoms with van der Waals surface area (Å²) in [4.78, 5) is 19.9. The third kappa shape index (κ3) is 3.01. The molecule has 0 fully saturated rings. The molecule has 0 spiro atoms. The Morgan fingerprint density at radius 2 is 2.41 bits per heavy atom. The first kappa shape index (κ1) is 11.5. The highest BCUT2D eigenvalue weighted by molar-refractivity contribution is 7.09. The van der Waals surface area contributed by atoms with E-state index in [4.69, 9.17) is 5.73 Å². The predicted octanol–water partition coefficient (Wildman–Crippen LogP) is 1.36. The minimum atomic E-state index is -0.247. The number of anilines is 1. The van der Waals surface area contributed by atoms with Gasteiger partial charge in [0.1, 0.15) is 5.69 Å². The van der Waals surface area contributed by atoms with Crippen LogP contribution in [0.15, 0.2) is 23.7 Å². The number of aryl methyl sites for hydroxylation is 1. The fourth-order valence-electron chi connectivity index (χ4n) is 1.32. The highest BCUT2D eigenvalue weighted by atomic mass is 32.1. The Hall–Kier alpha value is -1.95. The van der Waals surface area contributed by atoms with E-state index in [-0.39, 0.29) is 5.91 Å². The Kier molecular flexibility index (Phi) is 3.34. The number of hydrogen-bond donors (Lipinski definition) is 2. The van der Waals surface area contributed by atoms with Gasteiger partial charge in [-0.15, -0.1) is 11.3 Å². The Labute approximate surface area is 103 Å². The minimum absolute atomic E-state index is 0.247. The highest BCUT2D eigenvalue weighted by Crippen LogP contribution is 2.08. The standard InChI is InChI=1S/C11H12N4OS/c1-7-15-9(6-17-7)5-14-11(16)10-4-8(12)2-3-13-10/h2-4,6H,5H2,1H3,(H2,12,13)(H,14,16). The van der Waals surface area contributed by atoms with E-state index >= 15 is 0 Å². The molecule has 0 saturated heterocycles. The molecule has 6 heteroatoms. The van der Waals surface area contributed by atoms with Gasteiger partial charge in [0, 0.05) is 17.3 Å². The van der Waals surface area contributed by atoms with Gasteiger partial charge in [0.15, 0.2) is 0 Å². The van der Waals surface area contributed by atoms with E-state index in [1.807, 2.05) is 12.3 Å². The van der Waals surface area contributed by atoms with E-state index in [9.17, 15) is 4.79 Å². The zero-order chi connectivity index (χ0) is 12.3. The van der Waals surface area contributed by atoms with Crippen LogP contribution in [0.1, 0.15) is 21.2 Å². The van der Waals surface area contributed by atoms with Crippen LogP contribution in [0, 0.1) is 6.92 Å². The van der Waals surface area contributed by atoms with Gasteiger partial charge >= 0.3 is 0 Å². The van der Waals surface area contributed by atoms with Crippen molar-refractivity contribution in [1.82, 2.24) is 15.3 Å². The summed E-state index contributed by atoms with van der Waals surface area (Å²) in [7, 11) is 0. The number of thiazole rings is 1. The molecule has 0 radical (unpaired) electrons. The lowest BCUT2D eigenvalue weighted by atomic mass is 10.3. The Morgan fingerprint density at radius 1 is 1.59 bits per heavy atom. The van der Waals surface area contributed by atoms with Crippen molar-refractivity contribution in [2.24, 2.45) is 0 Å². The van der Waals surface area contributed by atoms with E-state index in [1.165, 1.54) is 6.20 Å². The fraction of sp³-hybridized carbons (Fsp3) is 0.182. The van der Waals surface area contributed by atoms with E-state index in [0.29, 0.717) is 17.9 Å². The van der Waals surface area contributed by atoms with Gasteiger partial charge in [-0.3, -0.25) is 9.78 Å². The van der Waals surface area contributed by atoms with Crippen molar-refractivity contribution in [1.29, 1.82) is 0 Å². The molecule has 0 bridgehead atoms. The van der Waals surface area contributed by atoms with Gasteiger partial charge in [-0.2, -0.15) is 0 Å². The molecule has 2 heterocycles. The quantitative estimate of drug-likeness (QED) is 0.859. The Morgan fingerprint density at radius 3 is 3.06 bits per heavy atom. The summed E-state index contributed by atoms with van der Waals surface area (Å²) >= 11 is 1.56. The SMILES string of the molecule is Cc1nc(CNC(=O)c2cc(N)ccn2)cs1. The van der Waals surface area contributed by atoms with Crippen molar-refractivity contribution < 1.29 is 4.79 Å². The summed E-state index contributed by atoms with van der Waals surface area (Å²) in [5, 5.41) is 5.64. The minimum Gasteiger partial charge on any atom is -0.399 e. The first-order valence-electron chi connectivity index (χ1n) is 5.06. The summed E-state index contributed by atoms with van der Waals surface area (Å²) < 4.78 is 0. The van der Waals surface area contributed by atoms with Crippen molar-refractivity contribution in [2.45, 2.75) is 13.5 Å². The van der Waals surface area contributed by atoms with Crippen LogP contribution in [-0.4, -0.2) is 15.9 Å². The zero-order valence-electron chi connectivity index (χ0n) is 9.30. The van der Waals surface area contributed by atoms with Crippen LogP contribution < -0.4 is 11.1 Å². The summed E-state index contributed by atoms with van der Waals surface area (Å²) in [5.41, 5.74) is 7.27. The first-order chi connectivity index (χ1) is 8.15. The average molecular weight is 248 g/mol. The number of aromatic nitrogens is 2. The molecular formula is C11H12N4OS. The fourth-order valence-corrected chi connectivity index (χ4v) is 1.93. The van der Waals surface area contributed by atoms with E-state index in [0.717, 1.165) is 10.7 Å². The summed E-state index contributed by atoms with van der Waals surface area (Å²) in [5.74, 6) is -0.247. The zero-order valence-corrected chi connectivity index (χ0v) is 10.1. The monoisotopic (exact) mass is 248 g/mol. The van der Waals surface area contributed by atoms with Crippen LogP contribution in [0.5, 0.6) is 0 Å². The molecule has 0 aliphatic rings. The van der Waals surface area contributed by atoms with Gasteiger partial charge in [-0.1, -0.05) is 0 Å². The molecule has 0 aliphatic carbocycles. The Balaban J connectivity index is 1.98. The molecule has 2 rings (SSSR count). The van der Waals surface area contributed by atoms with Gasteiger partial charge in [-0.25, -0.2) is 4.98 Å². The van der Waals surface area contributed by atoms with Gasteiger partial charge in [0.05, 0.1) is 17.2 Å². The number of nitrogens with zero attached hydrogens (tertiary/aromatic N) is 2. The molecule has 0 aromatic carbocycles. The summed E-state index contributed by atoms with van der Waals surface area (Å²) in [6, 6.07) is 3.18. The first-order valence-corrected chi connectivity index (χ1v) is 5.94. The largest absolute Gasteiger partial charge is 0.399 e. The van der Waals surface area contributed by atoms with Crippen molar-refractivity contribution in [3.63, 3.8) is 0 Å². The lowest BCUT2D eigenvalue weighted by Crippen LogP contribution is -2.24. The van der Waals surface area contributed by atoms with Gasteiger partial charge < -0.3 is 11.1 Å². The van der Waals surface area contributed by atoms with E-state index in [2.05, 4.69) is 15.3 Å². The number of carbonyl (C=O) groups excluding carboxylic acids is 1. The maximum absolute atomic E-state index is 11.7. The number of nitrogens with two attached hydrogens (primary N) is 1. The lowest BCUT2D eigenvalue weighted by molar-refractivity contribution is 0.0945. The maximum Gasteiger partial charge on any atom is 0.270 e. The smallest absolute Gasteiger partial charge is 0.270 e. The molecule has 5 nitrogen and oxygen atoms in total. The van der Waals surface area contributed by atoms with Crippen LogP contribution in [0.4, 0.5) is 5.69 Å². The predicted molar refractivity (Wildman–Crippen MR) is 66.7 cm³/mol. The van der Waals surface area contributed by atoms with Crippen LogP contribution >= 0.6 is 11.3 Å². The van der Waals surface area contributed by atoms with Crippen LogP contribution in [0.25, 0.3) is 0 Å². The second kappa shape index (κ2) is 4.92. The number of amides is 1. The molecule has 0 unspecified atom stereocenters. The number of hydrogen-bond acceptors (Lipinski definition) is 5. The average Bonchev–Trinajstić information content (AvgIpc) is 2.72. The Bertz CT molecular complexity index is 538. The molecule has 3 N–H and O–H groups in total. The molecule has 0 saturated carbocycles. The van der Waals surface area contributed by atoms with Crippen molar-refractivity contribution in [2.75, 3.05) is 5.73 Å². The molecule has 17 heavy (non-hydrogen) atoms. The van der Waals surface area contributed by atoms with Crippen molar-refractivity contribution >= 4 is 22.9 Å². The lowest BCUT2D eigenvalue weighted by Gasteiger charge is -2.02. The number of nitrogen functional groups attached to an aromatic ring is 1. The normalized spacial score (nSPS) is 10.2. The second-order valence-corrected chi connectivity index (χ2v) is 4.58. The van der Waals surface area contributed by atoms with Gasteiger partial charge in [0.2, 0.25) is 0 Å². The maximum atomic E-state index is 11.7. The number of rotatable bonds is 3. The number of pyridine rings is 1. The molecule has 0 aliphatic heterocycles. The van der Waals surface area contributed by atoms with Crippen LogP contribution in [0.2, 0.25) is 0 Å². The van der Waals surface area contributed by atoms with Crippen molar-refractivity contribution in [3.8, 4) is 0 Å². The number of nitrogens with one attached hydrogen (secondary N) is 1. The highest BCUT2D eigenvalue weighted by Gasteiger charge is 2.07. The van der Waals surface area contributed by atoms with Crippen molar-refractivity contribution in [3.05, 3.63) is 40.1 Å². The molecule has 88 valence electrons. The van der Waals surface area contributed by atoms with E-state index in [1.54, 1.807) is 23.5 Å². The van der Waals surface area contributed by atoms with Crippen LogP contribution in [-0.2, 0) is 6.54 Å².